The van der Waals surface area contributed by atoms with Crippen LogP contribution in [0, 0.1) is 5.92 Å². The molecule has 0 aromatic carbocycles. The zero-order valence-corrected chi connectivity index (χ0v) is 7.40. The van der Waals surface area contributed by atoms with Gasteiger partial charge in [0, 0.05) is 6.42 Å². The lowest BCUT2D eigenvalue weighted by Crippen LogP contribution is -2.63. The van der Waals surface area contributed by atoms with E-state index < -0.39 is 0 Å². The first kappa shape index (κ1) is 8.29. The monoisotopic (exact) mass is 181 g/mol. The summed E-state index contributed by atoms with van der Waals surface area (Å²) in [6.07, 6.45) is 4.18. The van der Waals surface area contributed by atoms with Crippen molar-refractivity contribution in [1.82, 2.24) is 4.90 Å². The lowest BCUT2D eigenvalue weighted by atomic mass is 9.79. The van der Waals surface area contributed by atoms with Crippen LogP contribution in [0.4, 0.5) is 0 Å². The maximum Gasteiger partial charge on any atom is 0.307 e. The van der Waals surface area contributed by atoms with Gasteiger partial charge in [0.2, 0.25) is 5.91 Å². The van der Waals surface area contributed by atoms with Gasteiger partial charge in [-0.25, -0.2) is 0 Å². The maximum absolute atomic E-state index is 11.2. The van der Waals surface area contributed by atoms with Crippen LogP contribution in [-0.4, -0.2) is 29.5 Å². The second kappa shape index (κ2) is 2.87. The molecule has 4 heteroatoms. The summed E-state index contributed by atoms with van der Waals surface area (Å²) in [5.41, 5.74) is 0. The summed E-state index contributed by atoms with van der Waals surface area (Å²) in [6, 6.07) is 0.192. The minimum atomic E-state index is -0.264. The van der Waals surface area contributed by atoms with E-state index >= 15 is 0 Å². The van der Waals surface area contributed by atoms with Crippen LogP contribution in [-0.2, 0) is 14.3 Å². The quantitative estimate of drug-likeness (QED) is 0.357. The molecule has 4 nitrogen and oxygen atoms in total. The van der Waals surface area contributed by atoms with Gasteiger partial charge in [0.05, 0.1) is 12.0 Å². The molecule has 1 amide bonds. The Morgan fingerprint density at radius 1 is 1.62 bits per heavy atom. The van der Waals surface area contributed by atoms with Gasteiger partial charge in [0.25, 0.3) is 0 Å². The number of likely N-dealkylation sites (tertiary alicyclic amines) is 1. The number of rotatable bonds is 3. The molecule has 1 aliphatic carbocycles. The molecular weight excluding hydrogens is 170 g/mol. The Kier molecular flexibility index (Phi) is 1.83. The highest BCUT2D eigenvalue weighted by atomic mass is 16.5. The number of esters is 1. The molecule has 2 aliphatic rings. The molecule has 1 fully saturated rings. The molecular formula is C9H11NO3. The topological polar surface area (TPSA) is 46.6 Å². The largest absolute Gasteiger partial charge is 0.444 e. The maximum atomic E-state index is 11.2. The molecule has 13 heavy (non-hydrogen) atoms. The lowest BCUT2D eigenvalue weighted by Gasteiger charge is -2.48. The van der Waals surface area contributed by atoms with Crippen LogP contribution in [0.1, 0.15) is 13.3 Å². The fourth-order valence-electron chi connectivity index (χ4n) is 1.50. The second-order valence-corrected chi connectivity index (χ2v) is 3.21. The Morgan fingerprint density at radius 3 is 2.85 bits per heavy atom. The number of amides is 1. The normalized spacial score (nSPS) is 29.0. The van der Waals surface area contributed by atoms with Gasteiger partial charge in [-0.1, -0.05) is 19.1 Å². The van der Waals surface area contributed by atoms with Crippen LogP contribution < -0.4 is 0 Å². The standard InChI is InChI=1S/C9H11NO3/c1-2-8(11)13-5-10-7-4-3-6(7)9(10)12/h3-4,6-7H,2,5H2,1H3/t6-,7+/m1/s1. The zero-order valence-electron chi connectivity index (χ0n) is 7.40. The number of carbonyl (C=O) groups is 2. The molecule has 1 saturated heterocycles. The van der Waals surface area contributed by atoms with E-state index in [-0.39, 0.29) is 30.6 Å². The van der Waals surface area contributed by atoms with Gasteiger partial charge in [-0.15, -0.1) is 0 Å². The molecule has 0 spiro atoms. The summed E-state index contributed by atoms with van der Waals surface area (Å²) in [7, 11) is 0. The highest BCUT2D eigenvalue weighted by Crippen LogP contribution is 2.35. The van der Waals surface area contributed by atoms with Crippen molar-refractivity contribution < 1.29 is 14.3 Å². The van der Waals surface area contributed by atoms with Gasteiger partial charge in [-0.05, 0) is 0 Å². The third-order valence-corrected chi connectivity index (χ3v) is 2.46. The van der Waals surface area contributed by atoms with E-state index in [2.05, 4.69) is 0 Å². The highest BCUT2D eigenvalue weighted by molar-refractivity contribution is 5.90. The van der Waals surface area contributed by atoms with Crippen molar-refractivity contribution in [3.63, 3.8) is 0 Å². The molecule has 0 radical (unpaired) electrons. The predicted octanol–water partition coefficient (Wildman–Crippen LogP) is 0.294. The molecule has 1 heterocycles. The Bertz CT molecular complexity index is 285. The fraction of sp³-hybridized carbons (Fsp3) is 0.556. The Balaban J connectivity index is 1.81. The molecule has 0 aromatic heterocycles. The lowest BCUT2D eigenvalue weighted by molar-refractivity contribution is -0.168. The van der Waals surface area contributed by atoms with Crippen LogP contribution in [0.25, 0.3) is 0 Å². The first-order valence-electron chi connectivity index (χ1n) is 4.38. The smallest absolute Gasteiger partial charge is 0.307 e. The summed E-state index contributed by atoms with van der Waals surface area (Å²) in [6.45, 7) is 1.84. The van der Waals surface area contributed by atoms with E-state index in [1.54, 1.807) is 11.8 Å². The molecule has 0 bridgehead atoms. The van der Waals surface area contributed by atoms with Gasteiger partial charge < -0.3 is 9.64 Å². The third-order valence-electron chi connectivity index (χ3n) is 2.46. The summed E-state index contributed by atoms with van der Waals surface area (Å²) in [4.78, 5) is 23.6. The average molecular weight is 181 g/mol. The van der Waals surface area contributed by atoms with E-state index in [4.69, 9.17) is 4.74 Å². The van der Waals surface area contributed by atoms with Crippen molar-refractivity contribution in [2.75, 3.05) is 6.73 Å². The van der Waals surface area contributed by atoms with Crippen LogP contribution in [0.15, 0.2) is 12.2 Å². The van der Waals surface area contributed by atoms with Crippen LogP contribution >= 0.6 is 0 Å². The molecule has 2 rings (SSSR count). The number of nitrogens with zero attached hydrogens (tertiary/aromatic N) is 1. The minimum absolute atomic E-state index is 0.0661. The van der Waals surface area contributed by atoms with Crippen molar-refractivity contribution >= 4 is 11.9 Å². The van der Waals surface area contributed by atoms with E-state index in [0.717, 1.165) is 0 Å². The van der Waals surface area contributed by atoms with Crippen LogP contribution in [0.5, 0.6) is 0 Å². The predicted molar refractivity (Wildman–Crippen MR) is 44.5 cm³/mol. The molecule has 0 unspecified atom stereocenters. The Morgan fingerprint density at radius 2 is 2.38 bits per heavy atom. The SMILES string of the molecule is CCC(=O)OCN1C(=O)[C@@H]2C=C[C@@H]21. The molecule has 2 atom stereocenters. The van der Waals surface area contributed by atoms with Crippen molar-refractivity contribution in [3.8, 4) is 0 Å². The van der Waals surface area contributed by atoms with Gasteiger partial charge in [-0.2, -0.15) is 0 Å². The summed E-state index contributed by atoms with van der Waals surface area (Å²) < 4.78 is 4.85. The number of fused-ring (bicyclic) bond motifs is 1. The van der Waals surface area contributed by atoms with E-state index in [0.29, 0.717) is 6.42 Å². The van der Waals surface area contributed by atoms with E-state index in [1.165, 1.54) is 0 Å². The molecule has 0 N–H and O–H groups in total. The zero-order chi connectivity index (χ0) is 9.42. The van der Waals surface area contributed by atoms with Crippen molar-refractivity contribution in [1.29, 1.82) is 0 Å². The van der Waals surface area contributed by atoms with Crippen molar-refractivity contribution in [2.24, 2.45) is 5.92 Å². The minimum Gasteiger partial charge on any atom is -0.444 e. The average Bonchev–Trinajstić information content (AvgIpc) is 2.09. The van der Waals surface area contributed by atoms with Gasteiger partial charge in [0.15, 0.2) is 6.73 Å². The fourth-order valence-corrected chi connectivity index (χ4v) is 1.50. The first-order chi connectivity index (χ1) is 6.24. The summed E-state index contributed by atoms with van der Waals surface area (Å²) in [5.74, 6) is -0.128. The first-order valence-corrected chi connectivity index (χ1v) is 4.38. The number of β-lactam (4-membered cyclic amide) rings is 1. The number of carbonyl (C=O) groups excluding carboxylic acids is 2. The Hall–Kier alpha value is -1.32. The number of hydrogen-bond acceptors (Lipinski definition) is 3. The molecule has 0 saturated carbocycles. The number of ether oxygens (including phenoxy) is 1. The van der Waals surface area contributed by atoms with Gasteiger partial charge >= 0.3 is 5.97 Å². The van der Waals surface area contributed by atoms with Crippen molar-refractivity contribution in [3.05, 3.63) is 12.2 Å². The van der Waals surface area contributed by atoms with E-state index in [9.17, 15) is 9.59 Å². The molecule has 1 aliphatic heterocycles. The van der Waals surface area contributed by atoms with Crippen molar-refractivity contribution in [2.45, 2.75) is 19.4 Å². The van der Waals surface area contributed by atoms with Crippen LogP contribution in [0.3, 0.4) is 0 Å². The molecule has 0 aromatic rings. The second-order valence-electron chi connectivity index (χ2n) is 3.21. The Labute approximate surface area is 76.2 Å². The summed E-state index contributed by atoms with van der Waals surface area (Å²) in [5, 5.41) is 0. The summed E-state index contributed by atoms with van der Waals surface area (Å²) >= 11 is 0. The van der Waals surface area contributed by atoms with Gasteiger partial charge in [0.1, 0.15) is 0 Å². The van der Waals surface area contributed by atoms with E-state index in [1.807, 2.05) is 12.2 Å². The van der Waals surface area contributed by atoms with Gasteiger partial charge in [-0.3, -0.25) is 9.59 Å². The van der Waals surface area contributed by atoms with Crippen LogP contribution in [0.2, 0.25) is 0 Å². The third kappa shape index (κ3) is 1.13. The highest BCUT2D eigenvalue weighted by Gasteiger charge is 2.49. The number of hydrogen-bond donors (Lipinski definition) is 0. The molecule has 70 valence electrons.